The Hall–Kier alpha value is -2.73. The largest absolute Gasteiger partial charge is 0.356 e. The lowest BCUT2D eigenvalue weighted by atomic mass is 10.2. The Labute approximate surface area is 191 Å². The summed E-state index contributed by atoms with van der Waals surface area (Å²) >= 11 is 0. The number of unbranched alkanes of at least 4 members (excludes halogenated alkanes) is 1. The first-order chi connectivity index (χ1) is 15.4. The Morgan fingerprint density at radius 3 is 2.41 bits per heavy atom. The Bertz CT molecular complexity index is 971. The van der Waals surface area contributed by atoms with Crippen LogP contribution in [0.25, 0.3) is 0 Å². The third kappa shape index (κ3) is 9.60. The van der Waals surface area contributed by atoms with Crippen molar-refractivity contribution in [2.75, 3.05) is 26.2 Å². The smallest absolute Gasteiger partial charge is 0.240 e. The van der Waals surface area contributed by atoms with Crippen molar-refractivity contribution >= 4 is 15.9 Å². The zero-order chi connectivity index (χ0) is 23.2. The fourth-order valence-corrected chi connectivity index (χ4v) is 4.23. The van der Waals surface area contributed by atoms with Crippen LogP contribution in [0, 0.1) is 18.3 Å². The minimum atomic E-state index is -3.60. The number of rotatable bonds is 14. The fourth-order valence-electron chi connectivity index (χ4n) is 3.20. The van der Waals surface area contributed by atoms with Crippen molar-refractivity contribution in [3.05, 3.63) is 65.7 Å². The molecule has 32 heavy (non-hydrogen) atoms. The number of benzene rings is 2. The fraction of sp³-hybridized carbons (Fsp3) is 0.417. The predicted molar refractivity (Wildman–Crippen MR) is 125 cm³/mol. The lowest BCUT2D eigenvalue weighted by Crippen LogP contribution is -2.31. The average Bonchev–Trinajstić information content (AvgIpc) is 2.78. The first-order valence-electron chi connectivity index (χ1n) is 10.9. The van der Waals surface area contributed by atoms with E-state index >= 15 is 0 Å². The molecule has 2 aromatic carbocycles. The molecule has 2 rings (SSSR count). The molecule has 0 aliphatic rings. The molecule has 0 spiro atoms. The van der Waals surface area contributed by atoms with Crippen LogP contribution >= 0.6 is 0 Å². The van der Waals surface area contributed by atoms with Crippen LogP contribution in [0.3, 0.4) is 0 Å². The summed E-state index contributed by atoms with van der Waals surface area (Å²) in [6, 6.07) is 18.9. The second-order valence-corrected chi connectivity index (χ2v) is 9.45. The Kier molecular flexibility index (Phi) is 10.9. The third-order valence-electron chi connectivity index (χ3n) is 4.99. The Balaban J connectivity index is 1.63. The van der Waals surface area contributed by atoms with Crippen molar-refractivity contribution < 1.29 is 13.2 Å². The van der Waals surface area contributed by atoms with Crippen LogP contribution in [0.2, 0.25) is 0 Å². The number of hydrogen-bond acceptors (Lipinski definition) is 5. The molecule has 0 heterocycles. The summed E-state index contributed by atoms with van der Waals surface area (Å²) in [4.78, 5) is 14.4. The lowest BCUT2D eigenvalue weighted by molar-refractivity contribution is -0.120. The van der Waals surface area contributed by atoms with Gasteiger partial charge in [-0.25, -0.2) is 13.1 Å². The second-order valence-electron chi connectivity index (χ2n) is 7.69. The number of hydrogen-bond donors (Lipinski definition) is 2. The van der Waals surface area contributed by atoms with Crippen molar-refractivity contribution in [3.63, 3.8) is 0 Å². The molecule has 2 aromatic rings. The van der Waals surface area contributed by atoms with E-state index in [0.29, 0.717) is 13.0 Å². The molecule has 0 aromatic heterocycles. The molecule has 8 heteroatoms. The number of nitriles is 1. The molecule has 0 aliphatic heterocycles. The van der Waals surface area contributed by atoms with Gasteiger partial charge in [-0.15, -0.1) is 0 Å². The monoisotopic (exact) mass is 456 g/mol. The van der Waals surface area contributed by atoms with E-state index in [-0.39, 0.29) is 23.8 Å². The quantitative estimate of drug-likeness (QED) is 0.426. The van der Waals surface area contributed by atoms with Crippen LogP contribution in [-0.4, -0.2) is 45.4 Å². The zero-order valence-electron chi connectivity index (χ0n) is 18.6. The van der Waals surface area contributed by atoms with Crippen molar-refractivity contribution in [3.8, 4) is 6.07 Å². The molecule has 1 amide bonds. The normalized spacial score (nSPS) is 11.3. The van der Waals surface area contributed by atoms with E-state index in [1.54, 1.807) is 24.3 Å². The van der Waals surface area contributed by atoms with Crippen molar-refractivity contribution in [2.45, 2.75) is 44.0 Å². The highest BCUT2D eigenvalue weighted by atomic mass is 32.2. The van der Waals surface area contributed by atoms with E-state index in [0.717, 1.165) is 38.0 Å². The SMILES string of the molecule is Cc1ccc(S(=O)(=O)NCCC(=O)NCCCCN(CCC#N)Cc2ccccc2)cc1. The highest BCUT2D eigenvalue weighted by molar-refractivity contribution is 7.89. The van der Waals surface area contributed by atoms with Crippen LogP contribution in [0.1, 0.15) is 36.8 Å². The van der Waals surface area contributed by atoms with Gasteiger partial charge in [-0.1, -0.05) is 48.0 Å². The third-order valence-corrected chi connectivity index (χ3v) is 6.46. The summed E-state index contributed by atoms with van der Waals surface area (Å²) < 4.78 is 26.9. The number of nitrogens with one attached hydrogen (secondary N) is 2. The number of carbonyl (C=O) groups is 1. The molecular formula is C24H32N4O3S. The van der Waals surface area contributed by atoms with Crippen LogP contribution in [0.5, 0.6) is 0 Å². The molecule has 172 valence electrons. The van der Waals surface area contributed by atoms with Gasteiger partial charge >= 0.3 is 0 Å². The average molecular weight is 457 g/mol. The molecule has 0 saturated carbocycles. The molecular weight excluding hydrogens is 424 g/mol. The second kappa shape index (κ2) is 13.6. The van der Waals surface area contributed by atoms with Gasteiger partial charge in [0.1, 0.15) is 0 Å². The van der Waals surface area contributed by atoms with Crippen LogP contribution in [0.15, 0.2) is 59.5 Å². The summed E-state index contributed by atoms with van der Waals surface area (Å²) in [7, 11) is -3.60. The summed E-state index contributed by atoms with van der Waals surface area (Å²) in [5.74, 6) is -0.178. The molecule has 0 atom stereocenters. The molecule has 0 fully saturated rings. The van der Waals surface area contributed by atoms with Gasteiger partial charge in [0.05, 0.1) is 11.0 Å². The summed E-state index contributed by atoms with van der Waals surface area (Å²) in [5.41, 5.74) is 2.20. The highest BCUT2D eigenvalue weighted by Crippen LogP contribution is 2.10. The van der Waals surface area contributed by atoms with Crippen LogP contribution in [0.4, 0.5) is 0 Å². The predicted octanol–water partition coefficient (Wildman–Crippen LogP) is 2.98. The van der Waals surface area contributed by atoms with Crippen LogP contribution in [-0.2, 0) is 21.4 Å². The lowest BCUT2D eigenvalue weighted by Gasteiger charge is -2.21. The number of nitrogens with zero attached hydrogens (tertiary/aromatic N) is 2. The van der Waals surface area contributed by atoms with E-state index in [1.165, 1.54) is 5.56 Å². The minimum absolute atomic E-state index is 0.0566. The number of carbonyl (C=O) groups excluding carboxylic acids is 1. The molecule has 0 unspecified atom stereocenters. The zero-order valence-corrected chi connectivity index (χ0v) is 19.4. The van der Waals surface area contributed by atoms with E-state index in [1.807, 2.05) is 25.1 Å². The maximum atomic E-state index is 12.2. The summed E-state index contributed by atoms with van der Waals surface area (Å²) in [6.07, 6.45) is 2.30. The topological polar surface area (TPSA) is 102 Å². The molecule has 0 aliphatic carbocycles. The molecule has 2 N–H and O–H groups in total. The van der Waals surface area contributed by atoms with Crippen molar-refractivity contribution in [1.82, 2.24) is 14.9 Å². The highest BCUT2D eigenvalue weighted by Gasteiger charge is 2.13. The van der Waals surface area contributed by atoms with Gasteiger partial charge in [-0.2, -0.15) is 5.26 Å². The minimum Gasteiger partial charge on any atom is -0.356 e. The van der Waals surface area contributed by atoms with E-state index in [4.69, 9.17) is 5.26 Å². The van der Waals surface area contributed by atoms with Crippen molar-refractivity contribution in [1.29, 1.82) is 5.26 Å². The van der Waals surface area contributed by atoms with E-state index in [9.17, 15) is 13.2 Å². The Morgan fingerprint density at radius 2 is 1.72 bits per heavy atom. The van der Waals surface area contributed by atoms with Gasteiger partial charge in [-0.3, -0.25) is 9.69 Å². The van der Waals surface area contributed by atoms with Gasteiger partial charge in [-0.05, 0) is 44.0 Å². The van der Waals surface area contributed by atoms with Gasteiger partial charge in [0, 0.05) is 39.0 Å². The number of sulfonamides is 1. The first kappa shape index (κ1) is 25.5. The first-order valence-corrected chi connectivity index (χ1v) is 12.4. The van der Waals surface area contributed by atoms with Gasteiger partial charge in [0.25, 0.3) is 0 Å². The standard InChI is InChI=1S/C24H32N4O3S/c1-21-10-12-23(13-11-21)32(30,31)27-17-14-24(29)26-16-5-6-18-28(19-7-15-25)20-22-8-3-2-4-9-22/h2-4,8-13,27H,5-7,14,16-20H2,1H3,(H,26,29). The number of aryl methyl sites for hydroxylation is 1. The summed E-state index contributed by atoms with van der Waals surface area (Å²) in [6.45, 7) is 4.86. The maximum Gasteiger partial charge on any atom is 0.240 e. The van der Waals surface area contributed by atoms with Crippen molar-refractivity contribution in [2.24, 2.45) is 0 Å². The van der Waals surface area contributed by atoms with Gasteiger partial charge < -0.3 is 5.32 Å². The Morgan fingerprint density at radius 1 is 1.00 bits per heavy atom. The summed E-state index contributed by atoms with van der Waals surface area (Å²) in [5, 5.41) is 11.7. The maximum absolute atomic E-state index is 12.2. The van der Waals surface area contributed by atoms with Gasteiger partial charge in [0.2, 0.25) is 15.9 Å². The van der Waals surface area contributed by atoms with E-state index in [2.05, 4.69) is 33.1 Å². The molecule has 7 nitrogen and oxygen atoms in total. The molecule has 0 bridgehead atoms. The van der Waals surface area contributed by atoms with E-state index < -0.39 is 10.0 Å². The van der Waals surface area contributed by atoms with Crippen LogP contribution < -0.4 is 10.0 Å². The number of amides is 1. The molecule has 0 saturated heterocycles. The molecule has 0 radical (unpaired) electrons. The van der Waals surface area contributed by atoms with Gasteiger partial charge in [0.15, 0.2) is 0 Å².